The van der Waals surface area contributed by atoms with Crippen molar-refractivity contribution in [2.24, 2.45) is 0 Å². The Bertz CT molecular complexity index is 498. The highest BCUT2D eigenvalue weighted by molar-refractivity contribution is 5.30. The lowest BCUT2D eigenvalue weighted by Gasteiger charge is -2.21. The maximum absolute atomic E-state index is 13.1. The van der Waals surface area contributed by atoms with E-state index in [1.54, 1.807) is 0 Å². The number of halogens is 3. The van der Waals surface area contributed by atoms with Crippen LogP contribution in [0.15, 0.2) is 0 Å². The van der Waals surface area contributed by atoms with Crippen molar-refractivity contribution >= 4 is 0 Å². The van der Waals surface area contributed by atoms with E-state index in [0.29, 0.717) is 31.7 Å². The second-order valence-corrected chi connectivity index (χ2v) is 5.18. The maximum atomic E-state index is 13.1. The van der Waals surface area contributed by atoms with Gasteiger partial charge in [-0.15, -0.1) is 0 Å². The third-order valence-corrected chi connectivity index (χ3v) is 3.68. The molecule has 110 valence electrons. The minimum Gasteiger partial charge on any atom is -0.378 e. The van der Waals surface area contributed by atoms with Crippen molar-refractivity contribution in [1.29, 1.82) is 0 Å². The van der Waals surface area contributed by atoms with E-state index in [2.05, 4.69) is 15.3 Å². The quantitative estimate of drug-likeness (QED) is 0.902. The number of ether oxygens (including phenoxy) is 1. The second kappa shape index (κ2) is 5.29. The third kappa shape index (κ3) is 2.78. The molecule has 0 amide bonds. The van der Waals surface area contributed by atoms with Crippen LogP contribution >= 0.6 is 0 Å². The fourth-order valence-corrected chi connectivity index (χ4v) is 2.73. The first-order chi connectivity index (χ1) is 9.54. The van der Waals surface area contributed by atoms with Crippen molar-refractivity contribution < 1.29 is 17.9 Å². The summed E-state index contributed by atoms with van der Waals surface area (Å²) in [5.74, 6) is 0.255. The van der Waals surface area contributed by atoms with Gasteiger partial charge in [0.2, 0.25) is 0 Å². The van der Waals surface area contributed by atoms with Crippen molar-refractivity contribution in [1.82, 2.24) is 15.3 Å². The lowest BCUT2D eigenvalue weighted by Crippen LogP contribution is -2.30. The summed E-state index contributed by atoms with van der Waals surface area (Å²) in [7, 11) is 0. The molecule has 7 heteroatoms. The first kappa shape index (κ1) is 13.8. The Morgan fingerprint density at radius 2 is 2.15 bits per heavy atom. The zero-order valence-electron chi connectivity index (χ0n) is 11.0. The van der Waals surface area contributed by atoms with E-state index >= 15 is 0 Å². The molecule has 3 heterocycles. The molecule has 0 saturated carbocycles. The number of nitrogens with zero attached hydrogens (tertiary/aromatic N) is 2. The van der Waals surface area contributed by atoms with Gasteiger partial charge in [-0.05, 0) is 12.8 Å². The van der Waals surface area contributed by atoms with Gasteiger partial charge in [0, 0.05) is 38.1 Å². The molecule has 0 aliphatic carbocycles. The number of nitrogens with one attached hydrogen (secondary N) is 1. The molecule has 0 spiro atoms. The van der Waals surface area contributed by atoms with E-state index in [1.807, 2.05) is 0 Å². The average Bonchev–Trinajstić information content (AvgIpc) is 2.89. The van der Waals surface area contributed by atoms with E-state index in [-0.39, 0.29) is 24.0 Å². The van der Waals surface area contributed by atoms with Gasteiger partial charge in [-0.3, -0.25) is 0 Å². The van der Waals surface area contributed by atoms with Crippen molar-refractivity contribution in [3.63, 3.8) is 0 Å². The summed E-state index contributed by atoms with van der Waals surface area (Å²) in [5, 5.41) is 2.94. The molecular formula is C13H16F3N3O. The Morgan fingerprint density at radius 3 is 2.85 bits per heavy atom. The second-order valence-electron chi connectivity index (χ2n) is 5.18. The van der Waals surface area contributed by atoms with Crippen molar-refractivity contribution in [2.45, 2.75) is 44.5 Å². The number of alkyl halides is 3. The standard InChI is InChI=1S/C13H16F3N3O/c14-13(15,16)12-9-7-17-4-3-10(9)18-11(19-12)6-8-2-1-5-20-8/h8,17H,1-7H2. The fraction of sp³-hybridized carbons (Fsp3) is 0.692. The van der Waals surface area contributed by atoms with E-state index in [1.165, 1.54) is 0 Å². The molecule has 4 nitrogen and oxygen atoms in total. The van der Waals surface area contributed by atoms with Gasteiger partial charge in [-0.2, -0.15) is 13.2 Å². The molecule has 0 aromatic carbocycles. The smallest absolute Gasteiger partial charge is 0.378 e. The van der Waals surface area contributed by atoms with Gasteiger partial charge < -0.3 is 10.1 Å². The molecule has 1 N–H and O–H groups in total. The van der Waals surface area contributed by atoms with E-state index in [4.69, 9.17) is 4.74 Å². The predicted molar refractivity (Wildman–Crippen MR) is 65.1 cm³/mol. The molecule has 2 aliphatic heterocycles. The van der Waals surface area contributed by atoms with Gasteiger partial charge in [-0.25, -0.2) is 9.97 Å². The SMILES string of the molecule is FC(F)(F)c1nc(CC2CCCO2)nc2c1CNCC2. The minimum absolute atomic E-state index is 0.0455. The lowest BCUT2D eigenvalue weighted by atomic mass is 10.0. The van der Waals surface area contributed by atoms with Crippen LogP contribution in [0.3, 0.4) is 0 Å². The van der Waals surface area contributed by atoms with Crippen LogP contribution in [0.1, 0.15) is 35.6 Å². The Morgan fingerprint density at radius 1 is 1.30 bits per heavy atom. The van der Waals surface area contributed by atoms with Gasteiger partial charge in [0.05, 0.1) is 11.8 Å². The minimum atomic E-state index is -4.43. The molecule has 20 heavy (non-hydrogen) atoms. The van der Waals surface area contributed by atoms with Crippen molar-refractivity contribution in [3.05, 3.63) is 22.8 Å². The number of hydrogen-bond acceptors (Lipinski definition) is 4. The Labute approximate surface area is 114 Å². The monoisotopic (exact) mass is 287 g/mol. The van der Waals surface area contributed by atoms with Gasteiger partial charge >= 0.3 is 6.18 Å². The summed E-state index contributed by atoms with van der Waals surface area (Å²) in [4.78, 5) is 8.08. The summed E-state index contributed by atoms with van der Waals surface area (Å²) in [6, 6.07) is 0. The average molecular weight is 287 g/mol. The highest BCUT2D eigenvalue weighted by Gasteiger charge is 2.38. The van der Waals surface area contributed by atoms with Crippen LogP contribution < -0.4 is 5.32 Å². The number of rotatable bonds is 2. The maximum Gasteiger partial charge on any atom is 0.433 e. The normalized spacial score (nSPS) is 22.9. The lowest BCUT2D eigenvalue weighted by molar-refractivity contribution is -0.142. The highest BCUT2D eigenvalue weighted by atomic mass is 19.4. The van der Waals surface area contributed by atoms with Crippen LogP contribution in [0.25, 0.3) is 0 Å². The molecule has 1 atom stereocenters. The topological polar surface area (TPSA) is 47.0 Å². The molecule has 1 unspecified atom stereocenters. The third-order valence-electron chi connectivity index (χ3n) is 3.68. The molecule has 1 aromatic heterocycles. The van der Waals surface area contributed by atoms with Gasteiger partial charge in [0.25, 0.3) is 0 Å². The van der Waals surface area contributed by atoms with Crippen LogP contribution in [-0.2, 0) is 30.3 Å². The summed E-state index contributed by atoms with van der Waals surface area (Å²) in [6.45, 7) is 1.51. The number of aromatic nitrogens is 2. The predicted octanol–water partition coefficient (Wildman–Crippen LogP) is 1.86. The zero-order valence-corrected chi connectivity index (χ0v) is 11.0. The van der Waals surface area contributed by atoms with Crippen LogP contribution in [-0.4, -0.2) is 29.2 Å². The van der Waals surface area contributed by atoms with E-state index in [9.17, 15) is 13.2 Å². The Kier molecular flexibility index (Phi) is 3.64. The van der Waals surface area contributed by atoms with Gasteiger partial charge in [-0.1, -0.05) is 0 Å². The van der Waals surface area contributed by atoms with E-state index in [0.717, 1.165) is 12.8 Å². The Hall–Kier alpha value is -1.21. The highest BCUT2D eigenvalue weighted by Crippen LogP contribution is 2.33. The van der Waals surface area contributed by atoms with E-state index < -0.39 is 11.9 Å². The van der Waals surface area contributed by atoms with Gasteiger partial charge in [0.15, 0.2) is 5.69 Å². The van der Waals surface area contributed by atoms with Crippen LogP contribution in [0.2, 0.25) is 0 Å². The molecule has 0 bridgehead atoms. The largest absolute Gasteiger partial charge is 0.433 e. The Balaban J connectivity index is 1.94. The molecular weight excluding hydrogens is 271 g/mol. The van der Waals surface area contributed by atoms with Crippen LogP contribution in [0, 0.1) is 0 Å². The van der Waals surface area contributed by atoms with Crippen LogP contribution in [0.5, 0.6) is 0 Å². The van der Waals surface area contributed by atoms with Crippen molar-refractivity contribution in [3.8, 4) is 0 Å². The fourth-order valence-electron chi connectivity index (χ4n) is 2.73. The summed E-state index contributed by atoms with van der Waals surface area (Å²) in [5.41, 5.74) is -0.0680. The van der Waals surface area contributed by atoms with Crippen molar-refractivity contribution in [2.75, 3.05) is 13.2 Å². The molecule has 3 rings (SSSR count). The molecule has 1 saturated heterocycles. The van der Waals surface area contributed by atoms with Gasteiger partial charge in [0.1, 0.15) is 5.82 Å². The zero-order chi connectivity index (χ0) is 14.2. The first-order valence-corrected chi connectivity index (χ1v) is 6.82. The summed E-state index contributed by atoms with van der Waals surface area (Å²) >= 11 is 0. The summed E-state index contributed by atoms with van der Waals surface area (Å²) in [6.07, 6.45) is -1.79. The van der Waals surface area contributed by atoms with Crippen LogP contribution in [0.4, 0.5) is 13.2 Å². The number of fused-ring (bicyclic) bond motifs is 1. The molecule has 0 radical (unpaired) electrons. The number of hydrogen-bond donors (Lipinski definition) is 1. The first-order valence-electron chi connectivity index (χ1n) is 6.82. The summed E-state index contributed by atoms with van der Waals surface area (Å²) < 4.78 is 44.8. The molecule has 1 fully saturated rings. The molecule has 2 aliphatic rings. The molecule has 1 aromatic rings.